The topological polar surface area (TPSA) is 32.3 Å². The highest BCUT2D eigenvalue weighted by Crippen LogP contribution is 2.30. The molecule has 3 rings (SSSR count). The second-order valence-corrected chi connectivity index (χ2v) is 6.77. The van der Waals surface area contributed by atoms with E-state index in [-0.39, 0.29) is 5.91 Å². The summed E-state index contributed by atoms with van der Waals surface area (Å²) in [5.41, 5.74) is 3.19. The minimum atomic E-state index is 0.216. The fraction of sp³-hybridized carbons (Fsp3) is 0.611. The normalized spacial score (nSPS) is 21.5. The summed E-state index contributed by atoms with van der Waals surface area (Å²) in [6.07, 6.45) is 5.00. The van der Waals surface area contributed by atoms with Crippen molar-refractivity contribution in [2.45, 2.75) is 45.6 Å². The fourth-order valence-electron chi connectivity index (χ4n) is 3.25. The monoisotopic (exact) mass is 286 g/mol. The molecule has 3 heteroatoms. The van der Waals surface area contributed by atoms with Crippen LogP contribution in [0, 0.1) is 19.8 Å². The molecule has 0 radical (unpaired) electrons. The lowest BCUT2D eigenvalue weighted by atomic mass is 10.0. The summed E-state index contributed by atoms with van der Waals surface area (Å²) in [5, 5.41) is 3.52. The number of nitrogens with one attached hydrogen (secondary N) is 1. The molecule has 2 fully saturated rings. The molecule has 1 aromatic rings. The first-order chi connectivity index (χ1) is 10.1. The molecule has 1 aliphatic heterocycles. The third-order valence-corrected chi connectivity index (χ3v) is 4.68. The van der Waals surface area contributed by atoms with Crippen LogP contribution in [-0.4, -0.2) is 36.5 Å². The van der Waals surface area contributed by atoms with Gasteiger partial charge in [-0.1, -0.05) is 17.7 Å². The van der Waals surface area contributed by atoms with Gasteiger partial charge in [-0.2, -0.15) is 0 Å². The molecule has 21 heavy (non-hydrogen) atoms. The zero-order valence-electron chi connectivity index (χ0n) is 13.2. The molecule has 0 aromatic heterocycles. The van der Waals surface area contributed by atoms with Crippen LogP contribution in [0.25, 0.3) is 0 Å². The summed E-state index contributed by atoms with van der Waals surface area (Å²) in [6, 6.07) is 6.63. The van der Waals surface area contributed by atoms with Crippen molar-refractivity contribution in [1.82, 2.24) is 10.2 Å². The number of amides is 1. The quantitative estimate of drug-likeness (QED) is 0.902. The summed E-state index contributed by atoms with van der Waals surface area (Å²) in [7, 11) is 0. The van der Waals surface area contributed by atoms with Crippen molar-refractivity contribution in [3.05, 3.63) is 34.9 Å². The van der Waals surface area contributed by atoms with E-state index >= 15 is 0 Å². The molecule has 1 aliphatic carbocycles. The van der Waals surface area contributed by atoms with Crippen molar-refractivity contribution in [1.29, 1.82) is 0 Å². The lowest BCUT2D eigenvalue weighted by Gasteiger charge is -2.26. The maximum Gasteiger partial charge on any atom is 0.254 e. The summed E-state index contributed by atoms with van der Waals surface area (Å²) >= 11 is 0. The first-order valence-corrected chi connectivity index (χ1v) is 8.23. The van der Waals surface area contributed by atoms with Gasteiger partial charge in [-0.15, -0.1) is 0 Å². The van der Waals surface area contributed by atoms with Gasteiger partial charge in [0.25, 0.3) is 5.91 Å². The van der Waals surface area contributed by atoms with Gasteiger partial charge in [-0.05, 0) is 63.6 Å². The second kappa shape index (κ2) is 6.18. The smallest absolute Gasteiger partial charge is 0.254 e. The second-order valence-electron chi connectivity index (χ2n) is 6.77. The fourth-order valence-corrected chi connectivity index (χ4v) is 3.25. The van der Waals surface area contributed by atoms with Crippen molar-refractivity contribution >= 4 is 5.91 Å². The Morgan fingerprint density at radius 3 is 2.67 bits per heavy atom. The van der Waals surface area contributed by atoms with E-state index in [0.29, 0.717) is 6.04 Å². The molecule has 0 bridgehead atoms. The third kappa shape index (κ3) is 3.65. The maximum atomic E-state index is 12.9. The van der Waals surface area contributed by atoms with Crippen LogP contribution in [0.1, 0.15) is 47.2 Å². The van der Waals surface area contributed by atoms with E-state index in [4.69, 9.17) is 0 Å². The van der Waals surface area contributed by atoms with Crippen LogP contribution in [0.4, 0.5) is 0 Å². The Bertz CT molecular complexity index is 516. The molecule has 1 atom stereocenters. The van der Waals surface area contributed by atoms with Gasteiger partial charge >= 0.3 is 0 Å². The van der Waals surface area contributed by atoms with Crippen molar-refractivity contribution in [2.75, 3.05) is 19.6 Å². The largest absolute Gasteiger partial charge is 0.337 e. The van der Waals surface area contributed by atoms with Gasteiger partial charge < -0.3 is 10.2 Å². The van der Waals surface area contributed by atoms with Crippen LogP contribution in [-0.2, 0) is 0 Å². The lowest BCUT2D eigenvalue weighted by molar-refractivity contribution is 0.0733. The van der Waals surface area contributed by atoms with E-state index in [1.165, 1.54) is 31.2 Å². The van der Waals surface area contributed by atoms with Crippen LogP contribution in [0.15, 0.2) is 18.2 Å². The predicted molar refractivity (Wildman–Crippen MR) is 85.6 cm³/mol. The van der Waals surface area contributed by atoms with Crippen LogP contribution in [0.5, 0.6) is 0 Å². The SMILES string of the molecule is Cc1ccc(C(=O)N(CC2CC2)CC2CCCN2)c(C)c1. The summed E-state index contributed by atoms with van der Waals surface area (Å²) in [5.74, 6) is 0.953. The molecular formula is C18H26N2O. The number of benzene rings is 1. The zero-order chi connectivity index (χ0) is 14.8. The summed E-state index contributed by atoms with van der Waals surface area (Å²) in [6.45, 7) is 7.02. The van der Waals surface area contributed by atoms with Crippen molar-refractivity contribution < 1.29 is 4.79 Å². The zero-order valence-corrected chi connectivity index (χ0v) is 13.2. The molecule has 0 spiro atoms. The standard InChI is InChI=1S/C18H26N2O/c1-13-5-8-17(14(2)10-13)18(21)20(11-15-6-7-15)12-16-4-3-9-19-16/h5,8,10,15-16,19H,3-4,6-7,9,11-12H2,1-2H3. The van der Waals surface area contributed by atoms with E-state index in [1.807, 2.05) is 19.1 Å². The van der Waals surface area contributed by atoms with Gasteiger partial charge in [-0.3, -0.25) is 4.79 Å². The van der Waals surface area contributed by atoms with E-state index < -0.39 is 0 Å². The average molecular weight is 286 g/mol. The number of aryl methyl sites for hydroxylation is 2. The molecule has 1 unspecified atom stereocenters. The Balaban J connectivity index is 1.75. The molecule has 1 N–H and O–H groups in total. The van der Waals surface area contributed by atoms with Crippen LogP contribution in [0.2, 0.25) is 0 Å². The minimum Gasteiger partial charge on any atom is -0.337 e. The van der Waals surface area contributed by atoms with E-state index in [0.717, 1.165) is 36.7 Å². The van der Waals surface area contributed by atoms with Crippen molar-refractivity contribution in [3.63, 3.8) is 0 Å². The first kappa shape index (κ1) is 14.6. The van der Waals surface area contributed by atoms with E-state index in [9.17, 15) is 4.79 Å². The Labute approximate surface area is 127 Å². The third-order valence-electron chi connectivity index (χ3n) is 4.68. The molecule has 2 aliphatic rings. The average Bonchev–Trinajstić information content (AvgIpc) is 3.11. The molecule has 114 valence electrons. The highest BCUT2D eigenvalue weighted by Gasteiger charge is 2.29. The summed E-state index contributed by atoms with van der Waals surface area (Å²) in [4.78, 5) is 15.0. The van der Waals surface area contributed by atoms with Crippen LogP contribution < -0.4 is 5.32 Å². The van der Waals surface area contributed by atoms with Gasteiger partial charge in [0.2, 0.25) is 0 Å². The first-order valence-electron chi connectivity index (χ1n) is 8.23. The Morgan fingerprint density at radius 1 is 1.24 bits per heavy atom. The predicted octanol–water partition coefficient (Wildman–Crippen LogP) is 2.91. The molecular weight excluding hydrogens is 260 g/mol. The van der Waals surface area contributed by atoms with Gasteiger partial charge in [0.15, 0.2) is 0 Å². The maximum absolute atomic E-state index is 12.9. The molecule has 1 amide bonds. The lowest BCUT2D eigenvalue weighted by Crippen LogP contribution is -2.42. The molecule has 3 nitrogen and oxygen atoms in total. The van der Waals surface area contributed by atoms with Crippen molar-refractivity contribution in [3.8, 4) is 0 Å². The van der Waals surface area contributed by atoms with Gasteiger partial charge in [0.05, 0.1) is 0 Å². The molecule has 1 saturated heterocycles. The molecule has 1 aromatic carbocycles. The summed E-state index contributed by atoms with van der Waals surface area (Å²) < 4.78 is 0. The molecule has 1 heterocycles. The van der Waals surface area contributed by atoms with Crippen LogP contribution in [0.3, 0.4) is 0 Å². The van der Waals surface area contributed by atoms with Gasteiger partial charge in [0, 0.05) is 24.7 Å². The van der Waals surface area contributed by atoms with Gasteiger partial charge in [0.1, 0.15) is 0 Å². The Kier molecular flexibility index (Phi) is 4.29. The number of rotatable bonds is 5. The number of nitrogens with zero attached hydrogens (tertiary/aromatic N) is 1. The molecule has 1 saturated carbocycles. The Hall–Kier alpha value is -1.35. The minimum absolute atomic E-state index is 0.216. The van der Waals surface area contributed by atoms with Gasteiger partial charge in [-0.25, -0.2) is 0 Å². The number of carbonyl (C=O) groups is 1. The number of hydrogen-bond donors (Lipinski definition) is 1. The highest BCUT2D eigenvalue weighted by atomic mass is 16.2. The van der Waals surface area contributed by atoms with Crippen molar-refractivity contribution in [2.24, 2.45) is 5.92 Å². The van der Waals surface area contributed by atoms with E-state index in [2.05, 4.69) is 23.2 Å². The number of carbonyl (C=O) groups excluding carboxylic acids is 1. The number of hydrogen-bond acceptors (Lipinski definition) is 2. The Morgan fingerprint density at radius 2 is 2.05 bits per heavy atom. The highest BCUT2D eigenvalue weighted by molar-refractivity contribution is 5.95. The van der Waals surface area contributed by atoms with Crippen LogP contribution >= 0.6 is 0 Å². The van der Waals surface area contributed by atoms with E-state index in [1.54, 1.807) is 0 Å².